The van der Waals surface area contributed by atoms with Crippen molar-refractivity contribution in [3.05, 3.63) is 90.0 Å². The maximum Gasteiger partial charge on any atom is 0.119 e. The van der Waals surface area contributed by atoms with Crippen LogP contribution >= 0.6 is 0 Å². The quantitative estimate of drug-likeness (QED) is 0.272. The van der Waals surface area contributed by atoms with Gasteiger partial charge in [-0.3, -0.25) is 0 Å². The largest absolute Gasteiger partial charge is 0.489 e. The van der Waals surface area contributed by atoms with E-state index in [9.17, 15) is 0 Å². The third kappa shape index (κ3) is 6.20. The first kappa shape index (κ1) is 25.8. The summed E-state index contributed by atoms with van der Waals surface area (Å²) in [5.41, 5.74) is 3.17. The first-order valence-electron chi connectivity index (χ1n) is 12.7. The molecule has 0 saturated heterocycles. The van der Waals surface area contributed by atoms with Gasteiger partial charge in [0.2, 0.25) is 0 Å². The molecule has 0 aliphatic heterocycles. The highest BCUT2D eigenvalue weighted by Gasteiger charge is 2.30. The van der Waals surface area contributed by atoms with E-state index in [1.165, 1.54) is 39.1 Å². The van der Waals surface area contributed by atoms with Crippen molar-refractivity contribution in [1.82, 2.24) is 0 Å². The lowest BCUT2D eigenvalue weighted by Crippen LogP contribution is -2.23. The smallest absolute Gasteiger partial charge is 0.119 e. The normalized spacial score (nSPS) is 12.8. The van der Waals surface area contributed by atoms with Gasteiger partial charge in [0.1, 0.15) is 12.4 Å². The number of rotatable bonds is 5. The highest BCUT2D eigenvalue weighted by atomic mass is 16.5. The predicted molar refractivity (Wildman–Crippen MR) is 150 cm³/mol. The maximum absolute atomic E-state index is 6.33. The summed E-state index contributed by atoms with van der Waals surface area (Å²) in [4.78, 5) is 0. The average Bonchev–Trinajstić information content (AvgIpc) is 2.81. The molecule has 0 bridgehead atoms. The molecule has 0 aliphatic carbocycles. The first-order chi connectivity index (χ1) is 16.1. The summed E-state index contributed by atoms with van der Waals surface area (Å²) in [5.74, 6) is 1.44. The minimum absolute atomic E-state index is 0.220. The Labute approximate surface area is 207 Å². The minimum Gasteiger partial charge on any atom is -0.489 e. The van der Waals surface area contributed by atoms with Crippen LogP contribution in [0.15, 0.2) is 78.9 Å². The van der Waals surface area contributed by atoms with Crippen LogP contribution in [0.2, 0.25) is 0 Å². The van der Waals surface area contributed by atoms with Crippen LogP contribution in [-0.4, -0.2) is 0 Å². The SMILES string of the molecule is CC.CC(C)(C)CC(c1ccc(OCc2c3ccccc3cc3ccccc23)cc1)C(C)(C)C. The van der Waals surface area contributed by atoms with E-state index in [4.69, 9.17) is 4.74 Å². The second-order valence-corrected chi connectivity index (χ2v) is 11.3. The van der Waals surface area contributed by atoms with Gasteiger partial charge >= 0.3 is 0 Å². The zero-order valence-electron chi connectivity index (χ0n) is 22.4. The van der Waals surface area contributed by atoms with E-state index in [-0.39, 0.29) is 5.41 Å². The number of hydrogen-bond acceptors (Lipinski definition) is 1. The van der Waals surface area contributed by atoms with E-state index in [1.54, 1.807) is 0 Å². The summed E-state index contributed by atoms with van der Waals surface area (Å²) in [6, 6.07) is 28.3. The van der Waals surface area contributed by atoms with Crippen molar-refractivity contribution in [2.75, 3.05) is 0 Å². The van der Waals surface area contributed by atoms with E-state index in [1.807, 2.05) is 13.8 Å². The van der Waals surface area contributed by atoms with Crippen LogP contribution in [0.4, 0.5) is 0 Å². The van der Waals surface area contributed by atoms with Gasteiger partial charge in [0.05, 0.1) is 0 Å². The second kappa shape index (κ2) is 10.6. The van der Waals surface area contributed by atoms with Crippen molar-refractivity contribution in [2.24, 2.45) is 10.8 Å². The van der Waals surface area contributed by atoms with Gasteiger partial charge in [0.25, 0.3) is 0 Å². The van der Waals surface area contributed by atoms with Crippen LogP contribution in [0, 0.1) is 10.8 Å². The molecule has 4 aromatic carbocycles. The third-order valence-electron chi connectivity index (χ3n) is 6.41. The van der Waals surface area contributed by atoms with Crippen molar-refractivity contribution in [2.45, 2.75) is 74.3 Å². The summed E-state index contributed by atoms with van der Waals surface area (Å²) in [6.07, 6.45) is 1.17. The van der Waals surface area contributed by atoms with Gasteiger partial charge in [0.15, 0.2) is 0 Å². The van der Waals surface area contributed by atoms with Crippen LogP contribution in [0.5, 0.6) is 5.75 Å². The maximum atomic E-state index is 6.33. The Hall–Kier alpha value is -2.80. The van der Waals surface area contributed by atoms with Gasteiger partial charge in [-0.2, -0.15) is 0 Å². The standard InChI is InChI=1S/C31H36O.C2H6/c1-30(2,3)20-29(31(4,5)6)22-15-17-25(18-16-22)32-21-28-26-13-9-7-11-23(26)19-24-12-8-10-14-27(24)28;1-2/h7-19,29H,20-21H2,1-6H3;1-2H3. The predicted octanol–water partition coefficient (Wildman–Crippen LogP) is 10.2. The molecule has 0 radical (unpaired) electrons. The second-order valence-electron chi connectivity index (χ2n) is 11.3. The zero-order valence-corrected chi connectivity index (χ0v) is 22.4. The fraction of sp³-hybridized carbons (Fsp3) is 0.394. The molecule has 0 aliphatic rings. The van der Waals surface area contributed by atoms with Gasteiger partial charge < -0.3 is 4.74 Å². The van der Waals surface area contributed by atoms with Gasteiger partial charge in [-0.1, -0.05) is 116 Å². The van der Waals surface area contributed by atoms with E-state index in [0.717, 1.165) is 5.75 Å². The van der Waals surface area contributed by atoms with Crippen molar-refractivity contribution in [1.29, 1.82) is 0 Å². The molecule has 0 fully saturated rings. The molecule has 4 rings (SSSR count). The Morgan fingerprint density at radius 2 is 1.18 bits per heavy atom. The van der Waals surface area contributed by atoms with Crippen molar-refractivity contribution in [3.8, 4) is 5.75 Å². The van der Waals surface area contributed by atoms with E-state index < -0.39 is 0 Å². The molecule has 1 unspecified atom stereocenters. The molecule has 1 nitrogen and oxygen atoms in total. The van der Waals surface area contributed by atoms with Crippen LogP contribution < -0.4 is 4.74 Å². The number of hydrogen-bond donors (Lipinski definition) is 0. The van der Waals surface area contributed by atoms with Gasteiger partial charge in [-0.15, -0.1) is 0 Å². The van der Waals surface area contributed by atoms with Crippen LogP contribution in [0.25, 0.3) is 21.5 Å². The molecular formula is C33H42O. The Morgan fingerprint density at radius 3 is 1.65 bits per heavy atom. The summed E-state index contributed by atoms with van der Waals surface area (Å²) in [7, 11) is 0. The highest BCUT2D eigenvalue weighted by Crippen LogP contribution is 2.43. The summed E-state index contributed by atoms with van der Waals surface area (Å²) in [6.45, 7) is 18.6. The molecule has 4 aromatic rings. The molecule has 1 atom stereocenters. The lowest BCUT2D eigenvalue weighted by molar-refractivity contribution is 0.229. The van der Waals surface area contributed by atoms with Gasteiger partial charge in [-0.05, 0) is 68.5 Å². The van der Waals surface area contributed by atoms with Crippen molar-refractivity contribution < 1.29 is 4.74 Å². The molecule has 1 heteroatoms. The van der Waals surface area contributed by atoms with E-state index in [2.05, 4.69) is 120 Å². The molecule has 180 valence electrons. The van der Waals surface area contributed by atoms with Crippen molar-refractivity contribution >= 4 is 21.5 Å². The summed E-state index contributed by atoms with van der Waals surface area (Å²) < 4.78 is 6.33. The van der Waals surface area contributed by atoms with Crippen LogP contribution in [0.3, 0.4) is 0 Å². The fourth-order valence-corrected chi connectivity index (χ4v) is 4.75. The Balaban J connectivity index is 0.00000158. The minimum atomic E-state index is 0.220. The summed E-state index contributed by atoms with van der Waals surface area (Å²) >= 11 is 0. The molecular weight excluding hydrogens is 412 g/mol. The molecule has 0 aromatic heterocycles. The van der Waals surface area contributed by atoms with Crippen LogP contribution in [0.1, 0.15) is 78.9 Å². The molecule has 0 amide bonds. The summed E-state index contributed by atoms with van der Waals surface area (Å²) in [5, 5.41) is 5.05. The monoisotopic (exact) mass is 454 g/mol. The number of benzene rings is 4. The average molecular weight is 455 g/mol. The zero-order chi connectivity index (χ0) is 24.9. The molecule has 0 heterocycles. The Morgan fingerprint density at radius 1 is 0.676 bits per heavy atom. The number of fused-ring (bicyclic) bond motifs is 2. The lowest BCUT2D eigenvalue weighted by Gasteiger charge is -2.36. The van der Waals surface area contributed by atoms with Gasteiger partial charge in [-0.25, -0.2) is 0 Å². The number of ether oxygens (including phenoxy) is 1. The molecule has 34 heavy (non-hydrogen) atoms. The Bertz CT molecular complexity index is 1150. The Kier molecular flexibility index (Phi) is 8.08. The van der Waals surface area contributed by atoms with Gasteiger partial charge in [0, 0.05) is 5.56 Å². The van der Waals surface area contributed by atoms with E-state index >= 15 is 0 Å². The van der Waals surface area contributed by atoms with Crippen molar-refractivity contribution in [3.63, 3.8) is 0 Å². The molecule has 0 spiro atoms. The first-order valence-corrected chi connectivity index (χ1v) is 12.7. The lowest BCUT2D eigenvalue weighted by atomic mass is 9.69. The topological polar surface area (TPSA) is 9.23 Å². The molecule has 0 N–H and O–H groups in total. The van der Waals surface area contributed by atoms with E-state index in [0.29, 0.717) is 17.9 Å². The van der Waals surface area contributed by atoms with Crippen LogP contribution in [-0.2, 0) is 6.61 Å². The molecule has 0 saturated carbocycles. The highest BCUT2D eigenvalue weighted by molar-refractivity contribution is 6.02. The fourth-order valence-electron chi connectivity index (χ4n) is 4.75. The third-order valence-corrected chi connectivity index (χ3v) is 6.41.